The molecule has 0 unspecified atom stereocenters. The van der Waals surface area contributed by atoms with Crippen molar-refractivity contribution in [1.82, 2.24) is 20.4 Å². The van der Waals surface area contributed by atoms with Crippen LogP contribution in [-0.2, 0) is 18.4 Å². The summed E-state index contributed by atoms with van der Waals surface area (Å²) in [4.78, 5) is 22.4. The second kappa shape index (κ2) is 6.04. The van der Waals surface area contributed by atoms with Crippen molar-refractivity contribution in [2.75, 3.05) is 0 Å². The van der Waals surface area contributed by atoms with Crippen LogP contribution in [0.1, 0.15) is 19.4 Å². The molecule has 0 radical (unpaired) electrons. The summed E-state index contributed by atoms with van der Waals surface area (Å²) in [6, 6.07) is -1.39. The first-order valence-electron chi connectivity index (χ1n) is 5.65. The number of rotatable bonds is 5. The zero-order chi connectivity index (χ0) is 13.7. The molecule has 1 heterocycles. The summed E-state index contributed by atoms with van der Waals surface area (Å²) in [5.74, 6) is -1.21. The largest absolute Gasteiger partial charge is 0.480 e. The minimum atomic E-state index is -1.04. The molecule has 0 saturated heterocycles. The molecule has 0 aliphatic heterocycles. The van der Waals surface area contributed by atoms with Crippen molar-refractivity contribution < 1.29 is 14.7 Å². The van der Waals surface area contributed by atoms with Crippen LogP contribution in [0.4, 0.5) is 4.79 Å². The van der Waals surface area contributed by atoms with Crippen LogP contribution in [0.15, 0.2) is 12.4 Å². The van der Waals surface area contributed by atoms with Gasteiger partial charge >= 0.3 is 12.0 Å². The highest BCUT2D eigenvalue weighted by Crippen LogP contribution is 2.01. The van der Waals surface area contributed by atoms with E-state index >= 15 is 0 Å². The number of carbonyl (C=O) groups excluding carboxylic acids is 1. The third-order valence-electron chi connectivity index (χ3n) is 2.43. The summed E-state index contributed by atoms with van der Waals surface area (Å²) in [5.41, 5.74) is 0.851. The second-order valence-corrected chi connectivity index (χ2v) is 4.41. The molecule has 100 valence electrons. The van der Waals surface area contributed by atoms with Gasteiger partial charge < -0.3 is 15.7 Å². The first kappa shape index (κ1) is 14.0. The minimum Gasteiger partial charge on any atom is -0.480 e. The van der Waals surface area contributed by atoms with Crippen LogP contribution in [0.25, 0.3) is 0 Å². The van der Waals surface area contributed by atoms with Crippen molar-refractivity contribution >= 4 is 12.0 Å². The van der Waals surface area contributed by atoms with Gasteiger partial charge in [-0.2, -0.15) is 5.10 Å². The molecule has 1 aromatic rings. The van der Waals surface area contributed by atoms with Crippen molar-refractivity contribution in [2.24, 2.45) is 13.0 Å². The van der Waals surface area contributed by atoms with Crippen molar-refractivity contribution in [1.29, 1.82) is 0 Å². The Labute approximate surface area is 105 Å². The number of aryl methyl sites for hydroxylation is 1. The average molecular weight is 254 g/mol. The SMILES string of the molecule is CC(C)[C@@H](NC(=O)NCc1cnn(C)c1)C(=O)O. The maximum absolute atomic E-state index is 11.5. The number of aliphatic carboxylic acids is 1. The van der Waals surface area contributed by atoms with Gasteiger partial charge in [-0.3, -0.25) is 4.68 Å². The monoisotopic (exact) mass is 254 g/mol. The third-order valence-corrected chi connectivity index (χ3v) is 2.43. The summed E-state index contributed by atoms with van der Waals surface area (Å²) in [7, 11) is 1.78. The van der Waals surface area contributed by atoms with E-state index < -0.39 is 18.0 Å². The number of aromatic nitrogens is 2. The molecule has 1 rings (SSSR count). The van der Waals surface area contributed by atoms with Gasteiger partial charge in [0.2, 0.25) is 0 Å². The normalized spacial score (nSPS) is 12.2. The lowest BCUT2D eigenvalue weighted by Crippen LogP contribution is -2.48. The van der Waals surface area contributed by atoms with Crippen LogP contribution >= 0.6 is 0 Å². The summed E-state index contributed by atoms with van der Waals surface area (Å²) >= 11 is 0. The molecule has 0 fully saturated rings. The predicted molar refractivity (Wildman–Crippen MR) is 64.8 cm³/mol. The molecule has 7 heteroatoms. The Kier molecular flexibility index (Phi) is 4.70. The Balaban J connectivity index is 2.43. The van der Waals surface area contributed by atoms with Crippen molar-refractivity contribution in [3.8, 4) is 0 Å². The maximum atomic E-state index is 11.5. The highest BCUT2D eigenvalue weighted by Gasteiger charge is 2.23. The molecule has 0 saturated carbocycles. The number of nitrogens with one attached hydrogen (secondary N) is 2. The molecule has 1 aromatic heterocycles. The first-order chi connectivity index (χ1) is 8.40. The molecule has 0 aliphatic carbocycles. The maximum Gasteiger partial charge on any atom is 0.326 e. The van der Waals surface area contributed by atoms with Crippen molar-refractivity contribution in [2.45, 2.75) is 26.4 Å². The Hall–Kier alpha value is -2.05. The van der Waals surface area contributed by atoms with Gasteiger partial charge in [0.1, 0.15) is 6.04 Å². The number of urea groups is 1. The quantitative estimate of drug-likeness (QED) is 0.705. The topological polar surface area (TPSA) is 96.3 Å². The fraction of sp³-hybridized carbons (Fsp3) is 0.545. The fourth-order valence-electron chi connectivity index (χ4n) is 1.45. The molecule has 3 N–H and O–H groups in total. The number of hydrogen-bond acceptors (Lipinski definition) is 3. The van der Waals surface area contributed by atoms with Crippen LogP contribution in [0.3, 0.4) is 0 Å². The third kappa shape index (κ3) is 4.08. The van der Waals surface area contributed by atoms with Crippen LogP contribution in [-0.4, -0.2) is 32.9 Å². The highest BCUT2D eigenvalue weighted by molar-refractivity contribution is 5.82. The number of hydrogen-bond donors (Lipinski definition) is 3. The van der Waals surface area contributed by atoms with E-state index in [1.807, 2.05) is 0 Å². The van der Waals surface area contributed by atoms with Gasteiger partial charge in [0, 0.05) is 25.4 Å². The van der Waals surface area contributed by atoms with E-state index in [0.29, 0.717) is 6.54 Å². The Morgan fingerprint density at radius 3 is 2.61 bits per heavy atom. The van der Waals surface area contributed by atoms with E-state index in [9.17, 15) is 9.59 Å². The van der Waals surface area contributed by atoms with Gasteiger partial charge in [0.25, 0.3) is 0 Å². The van der Waals surface area contributed by atoms with Crippen LogP contribution in [0.5, 0.6) is 0 Å². The summed E-state index contributed by atoms with van der Waals surface area (Å²) in [6.07, 6.45) is 3.41. The molecular weight excluding hydrogens is 236 g/mol. The van der Waals surface area contributed by atoms with Crippen LogP contribution in [0, 0.1) is 5.92 Å². The molecule has 18 heavy (non-hydrogen) atoms. The lowest BCUT2D eigenvalue weighted by atomic mass is 10.1. The van der Waals surface area contributed by atoms with Crippen molar-refractivity contribution in [3.05, 3.63) is 18.0 Å². The lowest BCUT2D eigenvalue weighted by molar-refractivity contribution is -0.140. The van der Waals surface area contributed by atoms with E-state index in [1.54, 1.807) is 38.0 Å². The fourth-order valence-corrected chi connectivity index (χ4v) is 1.45. The molecule has 0 aromatic carbocycles. The highest BCUT2D eigenvalue weighted by atomic mass is 16.4. The molecule has 0 bridgehead atoms. The predicted octanol–water partition coefficient (Wildman–Crippen LogP) is 0.328. The van der Waals surface area contributed by atoms with Crippen LogP contribution in [0.2, 0.25) is 0 Å². The molecule has 7 nitrogen and oxygen atoms in total. The van der Waals surface area contributed by atoms with Crippen LogP contribution < -0.4 is 10.6 Å². The van der Waals surface area contributed by atoms with Gasteiger partial charge in [0.05, 0.1) is 6.20 Å². The molecule has 0 spiro atoms. The van der Waals surface area contributed by atoms with Crippen molar-refractivity contribution in [3.63, 3.8) is 0 Å². The summed E-state index contributed by atoms with van der Waals surface area (Å²) in [5, 5.41) is 17.9. The smallest absolute Gasteiger partial charge is 0.326 e. The van der Waals surface area contributed by atoms with Gasteiger partial charge in [-0.25, -0.2) is 9.59 Å². The zero-order valence-electron chi connectivity index (χ0n) is 10.7. The number of carbonyl (C=O) groups is 2. The molecule has 1 atom stereocenters. The summed E-state index contributed by atoms with van der Waals surface area (Å²) in [6.45, 7) is 3.78. The van der Waals surface area contributed by atoms with Gasteiger partial charge in [0.15, 0.2) is 0 Å². The van der Waals surface area contributed by atoms with E-state index in [2.05, 4.69) is 15.7 Å². The second-order valence-electron chi connectivity index (χ2n) is 4.41. The Morgan fingerprint density at radius 2 is 2.17 bits per heavy atom. The average Bonchev–Trinajstić information content (AvgIpc) is 2.68. The van der Waals surface area contributed by atoms with E-state index in [0.717, 1.165) is 5.56 Å². The molecule has 0 aliphatic rings. The van der Waals surface area contributed by atoms with Gasteiger partial charge in [-0.05, 0) is 5.92 Å². The number of carboxylic acid groups (broad SMARTS) is 1. The summed E-state index contributed by atoms with van der Waals surface area (Å²) < 4.78 is 1.63. The minimum absolute atomic E-state index is 0.174. The Bertz CT molecular complexity index is 428. The first-order valence-corrected chi connectivity index (χ1v) is 5.65. The molecule has 2 amide bonds. The lowest BCUT2D eigenvalue weighted by Gasteiger charge is -2.18. The van der Waals surface area contributed by atoms with E-state index in [4.69, 9.17) is 5.11 Å². The van der Waals surface area contributed by atoms with E-state index in [1.165, 1.54) is 0 Å². The van der Waals surface area contributed by atoms with Gasteiger partial charge in [-0.1, -0.05) is 13.8 Å². The number of amides is 2. The molecular formula is C11H18N4O3. The number of nitrogens with zero attached hydrogens (tertiary/aromatic N) is 2. The standard InChI is InChI=1S/C11H18N4O3/c1-7(2)9(10(16)17)14-11(18)12-4-8-5-13-15(3)6-8/h5-7,9H,4H2,1-3H3,(H,16,17)(H2,12,14,18)/t9-/m1/s1. The zero-order valence-corrected chi connectivity index (χ0v) is 10.7. The number of carboxylic acids is 1. The van der Waals surface area contributed by atoms with E-state index in [-0.39, 0.29) is 5.92 Å². The van der Waals surface area contributed by atoms with Gasteiger partial charge in [-0.15, -0.1) is 0 Å². The Morgan fingerprint density at radius 1 is 1.50 bits per heavy atom.